The van der Waals surface area contributed by atoms with Crippen LogP contribution in [0.25, 0.3) is 0 Å². The van der Waals surface area contributed by atoms with Gasteiger partial charge >= 0.3 is 0 Å². The Balaban J connectivity index is 2.30. The maximum atomic E-state index is 11.7. The van der Waals surface area contributed by atoms with Crippen LogP contribution in [0.15, 0.2) is 0 Å². The summed E-state index contributed by atoms with van der Waals surface area (Å²) in [7, 11) is 0. The number of carbonyl (C=O) groups excluding carboxylic acids is 1. The van der Waals surface area contributed by atoms with E-state index in [1.165, 1.54) is 0 Å². The zero-order chi connectivity index (χ0) is 10.6. The monoisotopic (exact) mass is 199 g/mol. The van der Waals surface area contributed by atoms with E-state index in [0.717, 1.165) is 31.6 Å². The Bertz CT molecular complexity index is 186. The van der Waals surface area contributed by atoms with Crippen LogP contribution in [0.1, 0.15) is 39.5 Å². The number of aliphatic hydroxyl groups excluding tert-OH is 1. The number of carbonyl (C=O) groups is 1. The molecular formula is C11H21NO2. The van der Waals surface area contributed by atoms with Crippen LogP contribution in [-0.4, -0.2) is 23.7 Å². The Kier molecular flexibility index (Phi) is 4.39. The molecule has 1 amide bonds. The van der Waals surface area contributed by atoms with Crippen molar-refractivity contribution in [3.8, 4) is 0 Å². The lowest BCUT2D eigenvalue weighted by Gasteiger charge is -2.26. The van der Waals surface area contributed by atoms with Gasteiger partial charge in [-0.05, 0) is 38.5 Å². The number of nitrogens with one attached hydrogen (secondary N) is 1. The van der Waals surface area contributed by atoms with E-state index in [-0.39, 0.29) is 24.5 Å². The molecule has 0 aromatic carbocycles. The molecule has 0 saturated heterocycles. The number of aliphatic hydroxyl groups is 1. The molecule has 1 saturated carbocycles. The molecule has 14 heavy (non-hydrogen) atoms. The third kappa shape index (κ3) is 3.29. The Morgan fingerprint density at radius 1 is 1.43 bits per heavy atom. The summed E-state index contributed by atoms with van der Waals surface area (Å²) in [5.74, 6) is 1.08. The molecule has 0 aromatic rings. The fraction of sp³-hybridized carbons (Fsp3) is 0.909. The molecule has 1 aliphatic rings. The molecule has 1 aliphatic carbocycles. The maximum absolute atomic E-state index is 11.7. The molecule has 0 aromatic heterocycles. The summed E-state index contributed by atoms with van der Waals surface area (Å²) in [5, 5.41) is 11.6. The molecule has 2 N–H and O–H groups in total. The first-order chi connectivity index (χ1) is 6.63. The van der Waals surface area contributed by atoms with Gasteiger partial charge in [0.2, 0.25) is 5.91 Å². The van der Waals surface area contributed by atoms with Gasteiger partial charge in [-0.1, -0.05) is 6.92 Å². The van der Waals surface area contributed by atoms with E-state index in [2.05, 4.69) is 12.2 Å². The summed E-state index contributed by atoms with van der Waals surface area (Å²) in [6.45, 7) is 4.09. The van der Waals surface area contributed by atoms with E-state index in [4.69, 9.17) is 5.11 Å². The predicted octanol–water partition coefficient (Wildman–Crippen LogP) is 1.31. The SMILES string of the molecule is CC1CCC(C(=O)NC(C)CO)CC1. The largest absolute Gasteiger partial charge is 0.394 e. The van der Waals surface area contributed by atoms with Crippen LogP contribution in [-0.2, 0) is 4.79 Å². The van der Waals surface area contributed by atoms with Gasteiger partial charge in [0.15, 0.2) is 0 Å². The Hall–Kier alpha value is -0.570. The average molecular weight is 199 g/mol. The van der Waals surface area contributed by atoms with Gasteiger partial charge in [-0.3, -0.25) is 4.79 Å². The standard InChI is InChI=1S/C11H21NO2/c1-8-3-5-10(6-4-8)11(14)12-9(2)7-13/h8-10,13H,3-7H2,1-2H3,(H,12,14). The number of amides is 1. The van der Waals surface area contributed by atoms with Crippen molar-refractivity contribution in [2.75, 3.05) is 6.61 Å². The van der Waals surface area contributed by atoms with Crippen LogP contribution >= 0.6 is 0 Å². The van der Waals surface area contributed by atoms with Crippen molar-refractivity contribution in [1.82, 2.24) is 5.32 Å². The average Bonchev–Trinajstić information content (AvgIpc) is 2.18. The van der Waals surface area contributed by atoms with Gasteiger partial charge in [0, 0.05) is 12.0 Å². The van der Waals surface area contributed by atoms with Crippen LogP contribution in [0.3, 0.4) is 0 Å². The van der Waals surface area contributed by atoms with Crippen molar-refractivity contribution in [3.63, 3.8) is 0 Å². The van der Waals surface area contributed by atoms with Crippen molar-refractivity contribution in [2.24, 2.45) is 11.8 Å². The molecule has 0 heterocycles. The zero-order valence-electron chi connectivity index (χ0n) is 9.12. The normalized spacial score (nSPS) is 29.6. The molecule has 0 radical (unpaired) electrons. The van der Waals surface area contributed by atoms with Crippen molar-refractivity contribution < 1.29 is 9.90 Å². The quantitative estimate of drug-likeness (QED) is 0.720. The summed E-state index contributed by atoms with van der Waals surface area (Å²) in [6, 6.07) is -0.109. The van der Waals surface area contributed by atoms with E-state index < -0.39 is 0 Å². The van der Waals surface area contributed by atoms with E-state index in [0.29, 0.717) is 0 Å². The second-order valence-electron chi connectivity index (χ2n) is 4.55. The number of rotatable bonds is 3. The molecule has 82 valence electrons. The summed E-state index contributed by atoms with van der Waals surface area (Å²) in [6.07, 6.45) is 4.33. The molecule has 3 nitrogen and oxygen atoms in total. The topological polar surface area (TPSA) is 49.3 Å². The van der Waals surface area contributed by atoms with Crippen molar-refractivity contribution in [3.05, 3.63) is 0 Å². The zero-order valence-corrected chi connectivity index (χ0v) is 9.12. The highest BCUT2D eigenvalue weighted by atomic mass is 16.3. The van der Waals surface area contributed by atoms with Gasteiger partial charge < -0.3 is 10.4 Å². The summed E-state index contributed by atoms with van der Waals surface area (Å²) in [4.78, 5) is 11.7. The molecule has 1 unspecified atom stereocenters. The van der Waals surface area contributed by atoms with Crippen LogP contribution in [0.2, 0.25) is 0 Å². The summed E-state index contributed by atoms with van der Waals surface area (Å²) < 4.78 is 0. The first-order valence-corrected chi connectivity index (χ1v) is 5.54. The van der Waals surface area contributed by atoms with E-state index in [1.807, 2.05) is 6.92 Å². The summed E-state index contributed by atoms with van der Waals surface area (Å²) in [5.41, 5.74) is 0. The lowest BCUT2D eigenvalue weighted by atomic mass is 9.82. The van der Waals surface area contributed by atoms with Crippen LogP contribution in [0.5, 0.6) is 0 Å². The summed E-state index contributed by atoms with van der Waals surface area (Å²) >= 11 is 0. The maximum Gasteiger partial charge on any atom is 0.223 e. The van der Waals surface area contributed by atoms with E-state index in [1.54, 1.807) is 0 Å². The van der Waals surface area contributed by atoms with Gasteiger partial charge in [0.1, 0.15) is 0 Å². The predicted molar refractivity (Wildman–Crippen MR) is 55.8 cm³/mol. The fourth-order valence-corrected chi connectivity index (χ4v) is 1.93. The highest BCUT2D eigenvalue weighted by Gasteiger charge is 2.24. The van der Waals surface area contributed by atoms with Gasteiger partial charge in [-0.2, -0.15) is 0 Å². The molecule has 1 atom stereocenters. The second-order valence-corrected chi connectivity index (χ2v) is 4.55. The molecule has 3 heteroatoms. The van der Waals surface area contributed by atoms with Crippen molar-refractivity contribution in [2.45, 2.75) is 45.6 Å². The molecule has 0 aliphatic heterocycles. The minimum Gasteiger partial charge on any atom is -0.394 e. The van der Waals surface area contributed by atoms with Crippen LogP contribution in [0.4, 0.5) is 0 Å². The third-order valence-electron chi connectivity index (χ3n) is 3.05. The highest BCUT2D eigenvalue weighted by molar-refractivity contribution is 5.78. The molecule has 0 spiro atoms. The van der Waals surface area contributed by atoms with E-state index >= 15 is 0 Å². The van der Waals surface area contributed by atoms with Gasteiger partial charge in [0.05, 0.1) is 6.61 Å². The van der Waals surface area contributed by atoms with Crippen molar-refractivity contribution in [1.29, 1.82) is 0 Å². The number of hydrogen-bond donors (Lipinski definition) is 2. The lowest BCUT2D eigenvalue weighted by molar-refractivity contribution is -0.127. The lowest BCUT2D eigenvalue weighted by Crippen LogP contribution is -2.40. The Labute approximate surface area is 85.9 Å². The third-order valence-corrected chi connectivity index (χ3v) is 3.05. The smallest absolute Gasteiger partial charge is 0.223 e. The molecule has 1 rings (SSSR count). The molecule has 0 bridgehead atoms. The first kappa shape index (κ1) is 11.5. The second kappa shape index (κ2) is 5.35. The van der Waals surface area contributed by atoms with Gasteiger partial charge in [-0.25, -0.2) is 0 Å². The van der Waals surface area contributed by atoms with Gasteiger partial charge in [-0.15, -0.1) is 0 Å². The Morgan fingerprint density at radius 3 is 2.50 bits per heavy atom. The van der Waals surface area contributed by atoms with Gasteiger partial charge in [0.25, 0.3) is 0 Å². The van der Waals surface area contributed by atoms with Crippen molar-refractivity contribution >= 4 is 5.91 Å². The van der Waals surface area contributed by atoms with E-state index in [9.17, 15) is 4.79 Å². The molecule has 1 fully saturated rings. The minimum atomic E-state index is -0.109. The van der Waals surface area contributed by atoms with Crippen LogP contribution < -0.4 is 5.32 Å². The molecular weight excluding hydrogens is 178 g/mol. The fourth-order valence-electron chi connectivity index (χ4n) is 1.93. The van der Waals surface area contributed by atoms with Crippen LogP contribution in [0, 0.1) is 11.8 Å². The first-order valence-electron chi connectivity index (χ1n) is 5.54. The Morgan fingerprint density at radius 2 is 2.00 bits per heavy atom. The highest BCUT2D eigenvalue weighted by Crippen LogP contribution is 2.28. The minimum absolute atomic E-state index is 0.0227. The number of hydrogen-bond acceptors (Lipinski definition) is 2.